The van der Waals surface area contributed by atoms with Crippen LogP contribution in [-0.4, -0.2) is 28.1 Å². The molecule has 0 aromatic heterocycles. The first-order valence-corrected chi connectivity index (χ1v) is 5.56. The first kappa shape index (κ1) is 11.6. The highest BCUT2D eigenvalue weighted by Crippen LogP contribution is 2.17. The van der Waals surface area contributed by atoms with Gasteiger partial charge in [0.2, 0.25) is 0 Å². The standard InChI is InChI=1S/C12H17N3O2/c1-12(2,3)17-11(16)14-7-4-8-15-10(9-14)5-6-13-15/h4-6,8-9,13H,7H2,1-3H3. The number of nitrogens with one attached hydrogen (secondary N) is 1. The van der Waals surface area contributed by atoms with Gasteiger partial charge in [0, 0.05) is 25.1 Å². The van der Waals surface area contributed by atoms with Crippen molar-refractivity contribution in [3.05, 3.63) is 36.4 Å². The predicted molar refractivity (Wildman–Crippen MR) is 64.3 cm³/mol. The molecule has 1 amide bonds. The van der Waals surface area contributed by atoms with E-state index in [-0.39, 0.29) is 6.09 Å². The van der Waals surface area contributed by atoms with Gasteiger partial charge >= 0.3 is 6.09 Å². The van der Waals surface area contributed by atoms with Crippen LogP contribution < -0.4 is 5.43 Å². The summed E-state index contributed by atoms with van der Waals surface area (Å²) in [7, 11) is 0. The molecular formula is C12H17N3O2. The minimum Gasteiger partial charge on any atom is -0.443 e. The van der Waals surface area contributed by atoms with Crippen LogP contribution >= 0.6 is 0 Å². The Balaban J connectivity index is 2.11. The zero-order valence-corrected chi connectivity index (χ0v) is 10.3. The number of hydrazine groups is 1. The Morgan fingerprint density at radius 1 is 1.47 bits per heavy atom. The summed E-state index contributed by atoms with van der Waals surface area (Å²) in [4.78, 5) is 13.5. The number of fused-ring (bicyclic) bond motifs is 1. The first-order chi connectivity index (χ1) is 7.96. The molecular weight excluding hydrogens is 218 g/mol. The molecule has 0 saturated heterocycles. The molecule has 2 aliphatic rings. The highest BCUT2D eigenvalue weighted by molar-refractivity contribution is 5.70. The normalized spacial score (nSPS) is 18.4. The average molecular weight is 235 g/mol. The zero-order valence-electron chi connectivity index (χ0n) is 10.3. The second kappa shape index (κ2) is 4.16. The van der Waals surface area contributed by atoms with Crippen LogP contribution in [0.25, 0.3) is 0 Å². The maximum Gasteiger partial charge on any atom is 0.414 e. The summed E-state index contributed by atoms with van der Waals surface area (Å²) in [6.07, 6.45) is 8.92. The average Bonchev–Trinajstić information content (AvgIpc) is 2.53. The van der Waals surface area contributed by atoms with Crippen molar-refractivity contribution in [2.24, 2.45) is 0 Å². The largest absolute Gasteiger partial charge is 0.443 e. The fourth-order valence-electron chi connectivity index (χ4n) is 1.52. The van der Waals surface area contributed by atoms with Crippen molar-refractivity contribution in [2.75, 3.05) is 6.54 Å². The topological polar surface area (TPSA) is 44.8 Å². The fraction of sp³-hybridized carbons (Fsp3) is 0.417. The first-order valence-electron chi connectivity index (χ1n) is 5.56. The maximum atomic E-state index is 11.9. The van der Waals surface area contributed by atoms with Crippen LogP contribution in [0.2, 0.25) is 0 Å². The Bertz CT molecular complexity index is 404. The Morgan fingerprint density at radius 3 is 2.94 bits per heavy atom. The quantitative estimate of drug-likeness (QED) is 0.696. The van der Waals surface area contributed by atoms with Crippen molar-refractivity contribution in [1.82, 2.24) is 15.3 Å². The minimum atomic E-state index is -0.477. The van der Waals surface area contributed by atoms with Gasteiger partial charge in [-0.05, 0) is 32.9 Å². The van der Waals surface area contributed by atoms with Gasteiger partial charge in [-0.1, -0.05) is 0 Å². The molecule has 2 aliphatic heterocycles. The molecule has 0 radical (unpaired) electrons. The van der Waals surface area contributed by atoms with Gasteiger partial charge in [0.25, 0.3) is 0 Å². The summed E-state index contributed by atoms with van der Waals surface area (Å²) in [6.45, 7) is 6.07. The molecule has 2 heterocycles. The summed E-state index contributed by atoms with van der Waals surface area (Å²) < 4.78 is 5.33. The van der Waals surface area contributed by atoms with Crippen molar-refractivity contribution < 1.29 is 9.53 Å². The Kier molecular flexibility index (Phi) is 2.83. The number of carbonyl (C=O) groups is 1. The molecule has 0 aromatic carbocycles. The number of ether oxygens (including phenoxy) is 1. The van der Waals surface area contributed by atoms with Gasteiger partial charge in [0.1, 0.15) is 5.60 Å². The van der Waals surface area contributed by atoms with Crippen LogP contribution in [-0.2, 0) is 4.74 Å². The van der Waals surface area contributed by atoms with E-state index in [2.05, 4.69) is 5.43 Å². The van der Waals surface area contributed by atoms with E-state index in [0.717, 1.165) is 5.70 Å². The molecule has 0 aliphatic carbocycles. The third kappa shape index (κ3) is 2.81. The van der Waals surface area contributed by atoms with E-state index >= 15 is 0 Å². The number of amides is 1. The van der Waals surface area contributed by atoms with Crippen LogP contribution in [0.1, 0.15) is 20.8 Å². The molecule has 1 N–H and O–H groups in total. The van der Waals surface area contributed by atoms with Crippen LogP contribution in [0.3, 0.4) is 0 Å². The molecule has 2 rings (SSSR count). The monoisotopic (exact) mass is 235 g/mol. The van der Waals surface area contributed by atoms with E-state index in [9.17, 15) is 4.79 Å². The van der Waals surface area contributed by atoms with Crippen molar-refractivity contribution in [3.8, 4) is 0 Å². The lowest BCUT2D eigenvalue weighted by Gasteiger charge is -2.24. The maximum absolute atomic E-state index is 11.9. The van der Waals surface area contributed by atoms with Crippen LogP contribution in [0.5, 0.6) is 0 Å². The van der Waals surface area contributed by atoms with Crippen molar-refractivity contribution in [3.63, 3.8) is 0 Å². The molecule has 5 heteroatoms. The summed E-state index contributed by atoms with van der Waals surface area (Å²) in [5.74, 6) is 0. The van der Waals surface area contributed by atoms with Crippen LogP contribution in [0, 0.1) is 0 Å². The van der Waals surface area contributed by atoms with E-state index in [1.54, 1.807) is 11.1 Å². The van der Waals surface area contributed by atoms with E-state index in [0.29, 0.717) is 6.54 Å². The van der Waals surface area contributed by atoms with E-state index in [1.165, 1.54) is 0 Å². The fourth-order valence-corrected chi connectivity index (χ4v) is 1.52. The number of nitrogens with zero attached hydrogens (tertiary/aromatic N) is 2. The molecule has 0 fully saturated rings. The molecule has 0 bridgehead atoms. The summed E-state index contributed by atoms with van der Waals surface area (Å²) in [5.41, 5.74) is 3.46. The Morgan fingerprint density at radius 2 is 2.24 bits per heavy atom. The molecule has 5 nitrogen and oxygen atoms in total. The van der Waals surface area contributed by atoms with Gasteiger partial charge in [0.05, 0.1) is 5.70 Å². The summed E-state index contributed by atoms with van der Waals surface area (Å²) in [6, 6.07) is 0. The molecule has 92 valence electrons. The highest BCUT2D eigenvalue weighted by Gasteiger charge is 2.23. The SMILES string of the molecule is CC(C)(C)OC(=O)N1C=C2C=CNN2C=CC1. The van der Waals surface area contributed by atoms with Crippen LogP contribution in [0.4, 0.5) is 4.79 Å². The lowest BCUT2D eigenvalue weighted by atomic mass is 10.2. The van der Waals surface area contributed by atoms with Gasteiger partial charge in [-0.25, -0.2) is 4.79 Å². The molecule has 0 unspecified atom stereocenters. The molecule has 0 saturated carbocycles. The number of allylic oxidation sites excluding steroid dienone is 1. The molecule has 0 aromatic rings. The molecule has 0 atom stereocenters. The summed E-state index contributed by atoms with van der Waals surface area (Å²) in [5, 5.41) is 1.84. The Labute approximate surface area is 101 Å². The number of rotatable bonds is 0. The Hall–Kier alpha value is -1.91. The second-order valence-electron chi connectivity index (χ2n) is 4.90. The lowest BCUT2D eigenvalue weighted by Crippen LogP contribution is -2.33. The number of hydrogen-bond acceptors (Lipinski definition) is 4. The smallest absolute Gasteiger partial charge is 0.414 e. The molecule has 0 spiro atoms. The van der Waals surface area contributed by atoms with Crippen molar-refractivity contribution in [1.29, 1.82) is 0 Å². The summed E-state index contributed by atoms with van der Waals surface area (Å²) >= 11 is 0. The van der Waals surface area contributed by atoms with Crippen molar-refractivity contribution >= 4 is 6.09 Å². The number of hydrogen-bond donors (Lipinski definition) is 1. The van der Waals surface area contributed by atoms with Gasteiger partial charge in [-0.3, -0.25) is 9.91 Å². The highest BCUT2D eigenvalue weighted by atomic mass is 16.6. The van der Waals surface area contributed by atoms with Gasteiger partial charge in [0.15, 0.2) is 0 Å². The number of carbonyl (C=O) groups excluding carboxylic acids is 1. The second-order valence-corrected chi connectivity index (χ2v) is 4.90. The van der Waals surface area contributed by atoms with Crippen molar-refractivity contribution in [2.45, 2.75) is 26.4 Å². The zero-order chi connectivity index (χ0) is 12.5. The minimum absolute atomic E-state index is 0.336. The van der Waals surface area contributed by atoms with E-state index < -0.39 is 5.60 Å². The third-order valence-corrected chi connectivity index (χ3v) is 2.22. The van der Waals surface area contributed by atoms with Gasteiger partial charge in [-0.2, -0.15) is 0 Å². The lowest BCUT2D eigenvalue weighted by molar-refractivity contribution is 0.0351. The van der Waals surface area contributed by atoms with Gasteiger partial charge in [-0.15, -0.1) is 0 Å². The van der Waals surface area contributed by atoms with E-state index in [4.69, 9.17) is 4.74 Å². The van der Waals surface area contributed by atoms with Gasteiger partial charge < -0.3 is 10.2 Å². The predicted octanol–water partition coefficient (Wildman–Crippen LogP) is 1.93. The third-order valence-electron chi connectivity index (χ3n) is 2.22. The van der Waals surface area contributed by atoms with Crippen LogP contribution in [0.15, 0.2) is 36.4 Å². The molecule has 17 heavy (non-hydrogen) atoms. The van der Waals surface area contributed by atoms with E-state index in [1.807, 2.05) is 50.3 Å².